The van der Waals surface area contributed by atoms with Crippen molar-refractivity contribution >= 4 is 28.6 Å². The molecule has 0 radical (unpaired) electrons. The number of benzene rings is 2. The zero-order chi connectivity index (χ0) is 25.6. The number of ether oxygens (including phenoxy) is 2. The predicted octanol–water partition coefficient (Wildman–Crippen LogP) is 6.66. The van der Waals surface area contributed by atoms with Crippen LogP contribution in [0.25, 0.3) is 10.8 Å². The van der Waals surface area contributed by atoms with E-state index < -0.39 is 5.72 Å². The number of rotatable bonds is 6. The molecule has 0 aromatic heterocycles. The number of nitrogens with zero attached hydrogens (tertiary/aromatic N) is 2. The van der Waals surface area contributed by atoms with Crippen LogP contribution in [0, 0.1) is 17.3 Å². The van der Waals surface area contributed by atoms with Gasteiger partial charge < -0.3 is 14.4 Å². The van der Waals surface area contributed by atoms with Crippen LogP contribution in [0.5, 0.6) is 5.75 Å². The molecule has 3 unspecified atom stereocenters. The molecule has 2 heterocycles. The van der Waals surface area contributed by atoms with Crippen LogP contribution < -0.4 is 4.74 Å². The van der Waals surface area contributed by atoms with Crippen LogP contribution >= 0.6 is 0 Å². The van der Waals surface area contributed by atoms with E-state index in [2.05, 4.69) is 86.0 Å². The predicted molar refractivity (Wildman–Crippen MR) is 148 cm³/mol. The molecule has 2 aliphatic carbocycles. The van der Waals surface area contributed by atoms with Crippen LogP contribution in [-0.4, -0.2) is 36.0 Å². The fraction of sp³-hybridized carbons (Fsp3) is 0.312. The highest BCUT2D eigenvalue weighted by molar-refractivity contribution is 5.98. The Morgan fingerprint density at radius 2 is 2.03 bits per heavy atom. The molecule has 37 heavy (non-hydrogen) atoms. The minimum Gasteiger partial charge on any atom is -0.463 e. The van der Waals surface area contributed by atoms with Crippen molar-refractivity contribution in [2.75, 3.05) is 13.2 Å². The minimum absolute atomic E-state index is 0.237. The lowest BCUT2D eigenvalue weighted by atomic mass is 9.64. The number of esters is 1. The first-order valence-corrected chi connectivity index (χ1v) is 13.1. The van der Waals surface area contributed by atoms with E-state index in [1.54, 1.807) is 0 Å². The summed E-state index contributed by atoms with van der Waals surface area (Å²) >= 11 is 0. The Bertz CT molecular complexity index is 1430. The number of hydrogen-bond acceptors (Lipinski definition) is 5. The summed E-state index contributed by atoms with van der Waals surface area (Å²) < 4.78 is 12.3. The maximum Gasteiger partial charge on any atom is 0.330 e. The Morgan fingerprint density at radius 3 is 2.89 bits per heavy atom. The van der Waals surface area contributed by atoms with Crippen molar-refractivity contribution in [3.8, 4) is 5.75 Å². The van der Waals surface area contributed by atoms with E-state index in [1.165, 1.54) is 17.3 Å². The third-order valence-corrected chi connectivity index (χ3v) is 8.33. The minimum atomic E-state index is -0.741. The van der Waals surface area contributed by atoms with Gasteiger partial charge in [0.15, 0.2) is 0 Å². The van der Waals surface area contributed by atoms with Crippen molar-refractivity contribution in [1.29, 1.82) is 0 Å². The number of allylic oxidation sites excluding steroid dienone is 8. The Labute approximate surface area is 218 Å². The first-order chi connectivity index (χ1) is 18.0. The van der Waals surface area contributed by atoms with E-state index >= 15 is 0 Å². The van der Waals surface area contributed by atoms with Crippen LogP contribution in [0.1, 0.15) is 26.7 Å². The molecule has 0 N–H and O–H groups in total. The lowest BCUT2D eigenvalue weighted by Gasteiger charge is -2.47. The second-order valence-corrected chi connectivity index (χ2v) is 10.6. The Morgan fingerprint density at radius 1 is 1.16 bits per heavy atom. The molecule has 2 aromatic carbocycles. The van der Waals surface area contributed by atoms with Gasteiger partial charge in [-0.05, 0) is 35.9 Å². The molecule has 1 spiro atoms. The third-order valence-electron chi connectivity index (χ3n) is 8.33. The molecule has 2 aromatic rings. The summed E-state index contributed by atoms with van der Waals surface area (Å²) in [6, 6.07) is 12.5. The SMILES string of the molecule is C=CC(=O)OCCCCN1C2=CC=C3C=CC=CC3C2C(C)(C)C12C=Nc1c(ccc3ccccc13)O2. The van der Waals surface area contributed by atoms with Crippen molar-refractivity contribution in [1.82, 2.24) is 4.90 Å². The second kappa shape index (κ2) is 8.91. The van der Waals surface area contributed by atoms with Gasteiger partial charge in [0.1, 0.15) is 11.4 Å². The molecule has 1 fully saturated rings. The highest BCUT2D eigenvalue weighted by Gasteiger charge is 2.65. The highest BCUT2D eigenvalue weighted by atomic mass is 16.5. The van der Waals surface area contributed by atoms with Crippen molar-refractivity contribution < 1.29 is 14.3 Å². The molecule has 0 bridgehead atoms. The second-order valence-electron chi connectivity index (χ2n) is 10.6. The molecule has 0 saturated carbocycles. The largest absolute Gasteiger partial charge is 0.463 e. The number of carbonyl (C=O) groups is 1. The lowest BCUT2D eigenvalue weighted by molar-refractivity contribution is -0.137. The Balaban J connectivity index is 1.39. The highest BCUT2D eigenvalue weighted by Crippen LogP contribution is 2.61. The van der Waals surface area contributed by atoms with Gasteiger partial charge in [0.25, 0.3) is 0 Å². The first-order valence-electron chi connectivity index (χ1n) is 13.1. The summed E-state index contributed by atoms with van der Waals surface area (Å²) in [7, 11) is 0. The van der Waals surface area contributed by atoms with Gasteiger partial charge in [-0.2, -0.15) is 0 Å². The van der Waals surface area contributed by atoms with Gasteiger partial charge in [0.2, 0.25) is 5.72 Å². The molecular formula is C32H32N2O3. The van der Waals surface area contributed by atoms with E-state index in [-0.39, 0.29) is 23.2 Å². The number of hydrogen-bond donors (Lipinski definition) is 0. The van der Waals surface area contributed by atoms with Gasteiger partial charge in [-0.15, -0.1) is 0 Å². The average molecular weight is 493 g/mol. The summed E-state index contributed by atoms with van der Waals surface area (Å²) in [4.78, 5) is 19.0. The van der Waals surface area contributed by atoms with Gasteiger partial charge in [-0.3, -0.25) is 4.99 Å². The van der Waals surface area contributed by atoms with Crippen molar-refractivity contribution in [2.24, 2.45) is 22.2 Å². The van der Waals surface area contributed by atoms with Gasteiger partial charge in [-0.25, -0.2) is 4.79 Å². The Hall–Kier alpha value is -3.86. The fourth-order valence-corrected chi connectivity index (χ4v) is 6.47. The van der Waals surface area contributed by atoms with Crippen molar-refractivity contribution in [3.63, 3.8) is 0 Å². The van der Waals surface area contributed by atoms with Crippen molar-refractivity contribution in [2.45, 2.75) is 32.4 Å². The molecule has 0 amide bonds. The molecule has 188 valence electrons. The molecule has 2 aliphatic heterocycles. The average Bonchev–Trinajstić information content (AvgIpc) is 3.10. The monoisotopic (exact) mass is 492 g/mol. The number of carbonyl (C=O) groups excluding carboxylic acids is 1. The van der Waals surface area contributed by atoms with E-state index in [9.17, 15) is 4.79 Å². The number of fused-ring (bicyclic) bond motifs is 6. The van der Waals surface area contributed by atoms with E-state index in [0.29, 0.717) is 6.61 Å². The topological polar surface area (TPSA) is 51.1 Å². The van der Waals surface area contributed by atoms with Gasteiger partial charge in [-0.1, -0.05) is 81.1 Å². The first kappa shape index (κ1) is 23.5. The fourth-order valence-electron chi connectivity index (χ4n) is 6.47. The Kier molecular flexibility index (Phi) is 5.67. The quantitative estimate of drug-likeness (QED) is 0.257. The molecule has 5 nitrogen and oxygen atoms in total. The summed E-state index contributed by atoms with van der Waals surface area (Å²) in [5.74, 6) is 0.951. The third kappa shape index (κ3) is 3.59. The van der Waals surface area contributed by atoms with E-state index in [0.717, 1.165) is 41.6 Å². The zero-order valence-corrected chi connectivity index (χ0v) is 21.4. The molecule has 1 saturated heterocycles. The molecule has 6 rings (SSSR count). The van der Waals surface area contributed by atoms with Crippen LogP contribution in [0.15, 0.2) is 102 Å². The lowest BCUT2D eigenvalue weighted by Crippen LogP contribution is -2.59. The number of unbranched alkanes of at least 4 members (excludes halogenated alkanes) is 1. The zero-order valence-electron chi connectivity index (χ0n) is 21.4. The smallest absolute Gasteiger partial charge is 0.330 e. The van der Waals surface area contributed by atoms with Gasteiger partial charge in [0.05, 0.1) is 12.8 Å². The molecular weight excluding hydrogens is 460 g/mol. The molecule has 5 heteroatoms. The van der Waals surface area contributed by atoms with E-state index in [1.807, 2.05) is 18.3 Å². The summed E-state index contributed by atoms with van der Waals surface area (Å²) in [6.45, 7) is 9.24. The summed E-state index contributed by atoms with van der Waals surface area (Å²) in [6.07, 6.45) is 18.2. The van der Waals surface area contributed by atoms with Crippen LogP contribution in [0.2, 0.25) is 0 Å². The van der Waals surface area contributed by atoms with Gasteiger partial charge >= 0.3 is 5.97 Å². The normalized spacial score (nSPS) is 26.2. The van der Waals surface area contributed by atoms with Crippen molar-refractivity contribution in [3.05, 3.63) is 96.8 Å². The number of aliphatic imine (C=N–C) groups is 1. The molecule has 4 aliphatic rings. The number of likely N-dealkylation sites (tertiary alicyclic amines) is 1. The standard InChI is InChI=1S/C32H32N2O3/c1-4-28(35)36-20-10-9-19-34-26-17-15-22-11-5-7-13-24(22)29(26)31(2,3)32(34)21-33-30-25-14-8-6-12-23(25)16-18-27(30)37-32/h4-8,11-18,21,24,29H,1,9-10,19-20H2,2-3H3. The summed E-state index contributed by atoms with van der Waals surface area (Å²) in [5.41, 5.74) is 2.48. The summed E-state index contributed by atoms with van der Waals surface area (Å²) in [5, 5.41) is 2.25. The maximum atomic E-state index is 11.5. The van der Waals surface area contributed by atoms with E-state index in [4.69, 9.17) is 14.5 Å². The van der Waals surface area contributed by atoms with Gasteiger partial charge in [0, 0.05) is 41.0 Å². The van der Waals surface area contributed by atoms with Crippen LogP contribution in [-0.2, 0) is 9.53 Å². The van der Waals surface area contributed by atoms with Crippen LogP contribution in [0.3, 0.4) is 0 Å². The maximum absolute atomic E-state index is 11.5. The molecule has 3 atom stereocenters. The van der Waals surface area contributed by atoms with Crippen LogP contribution in [0.4, 0.5) is 5.69 Å².